The number of nitrogens with one attached hydrogen (secondary N) is 3. The predicted molar refractivity (Wildman–Crippen MR) is 138 cm³/mol. The first-order valence-electron chi connectivity index (χ1n) is 12.4. The van der Waals surface area contributed by atoms with E-state index in [0.717, 1.165) is 37.2 Å². The van der Waals surface area contributed by atoms with Crippen LogP contribution in [0, 0.1) is 0 Å². The summed E-state index contributed by atoms with van der Waals surface area (Å²) in [6, 6.07) is 3.49. The first-order chi connectivity index (χ1) is 18.8. The number of amides is 5. The maximum Gasteiger partial charge on any atom is 0.534 e. The van der Waals surface area contributed by atoms with Crippen molar-refractivity contribution in [3.8, 4) is 11.5 Å². The molecule has 13 nitrogen and oxygen atoms in total. The van der Waals surface area contributed by atoms with Gasteiger partial charge in [0.15, 0.2) is 0 Å². The molecule has 3 N–H and O–H groups in total. The van der Waals surface area contributed by atoms with E-state index in [2.05, 4.69) is 20.8 Å². The second kappa shape index (κ2) is 12.7. The first-order valence-corrected chi connectivity index (χ1v) is 13.4. The SMILES string of the molecule is COc1cc(COC(=O)ON2C(=O)C=CC2=O)cc(OC)c1CNC(=O)CCCCC1SCC2NC(=O)NC21. The van der Waals surface area contributed by atoms with Crippen molar-refractivity contribution in [1.29, 1.82) is 0 Å². The van der Waals surface area contributed by atoms with E-state index in [1.54, 1.807) is 12.1 Å². The molecule has 14 heteroatoms. The summed E-state index contributed by atoms with van der Waals surface area (Å²) in [5.74, 6) is 0.0588. The van der Waals surface area contributed by atoms with Gasteiger partial charge < -0.3 is 30.2 Å². The van der Waals surface area contributed by atoms with E-state index in [1.807, 2.05) is 11.8 Å². The Morgan fingerprint density at radius 2 is 1.74 bits per heavy atom. The van der Waals surface area contributed by atoms with Gasteiger partial charge in [-0.3, -0.25) is 19.2 Å². The molecule has 0 saturated carbocycles. The van der Waals surface area contributed by atoms with Gasteiger partial charge in [-0.2, -0.15) is 11.8 Å². The fraction of sp³-hybridized carbons (Fsp3) is 0.480. The van der Waals surface area contributed by atoms with Gasteiger partial charge in [-0.1, -0.05) is 11.5 Å². The third kappa shape index (κ3) is 6.93. The lowest BCUT2D eigenvalue weighted by Crippen LogP contribution is -2.36. The average Bonchev–Trinajstić information content (AvgIpc) is 3.58. The molecule has 0 bridgehead atoms. The zero-order valence-corrected chi connectivity index (χ0v) is 22.3. The summed E-state index contributed by atoms with van der Waals surface area (Å²) >= 11 is 1.85. The minimum Gasteiger partial charge on any atom is -0.496 e. The summed E-state index contributed by atoms with van der Waals surface area (Å²) in [6.07, 6.45) is 3.63. The van der Waals surface area contributed by atoms with Crippen LogP contribution in [0.4, 0.5) is 9.59 Å². The van der Waals surface area contributed by atoms with Gasteiger partial charge in [0.1, 0.15) is 18.1 Å². The van der Waals surface area contributed by atoms with E-state index in [4.69, 9.17) is 14.2 Å². The zero-order chi connectivity index (χ0) is 27.9. The Labute approximate surface area is 228 Å². The van der Waals surface area contributed by atoms with E-state index in [0.29, 0.717) is 39.4 Å². The Morgan fingerprint density at radius 3 is 2.41 bits per heavy atom. The number of urea groups is 1. The molecular weight excluding hydrogens is 532 g/mol. The molecule has 2 fully saturated rings. The van der Waals surface area contributed by atoms with Crippen molar-refractivity contribution in [2.24, 2.45) is 0 Å². The minimum atomic E-state index is -1.23. The summed E-state index contributed by atoms with van der Waals surface area (Å²) < 4.78 is 15.9. The summed E-state index contributed by atoms with van der Waals surface area (Å²) in [4.78, 5) is 63.5. The Balaban J connectivity index is 1.22. The van der Waals surface area contributed by atoms with Crippen molar-refractivity contribution in [3.05, 3.63) is 35.4 Å². The lowest BCUT2D eigenvalue weighted by atomic mass is 10.0. The van der Waals surface area contributed by atoms with Crippen LogP contribution in [0.3, 0.4) is 0 Å². The van der Waals surface area contributed by atoms with Gasteiger partial charge in [0.2, 0.25) is 5.91 Å². The zero-order valence-electron chi connectivity index (χ0n) is 21.5. The van der Waals surface area contributed by atoms with Crippen LogP contribution < -0.4 is 25.4 Å². The molecule has 3 aliphatic heterocycles. The van der Waals surface area contributed by atoms with E-state index >= 15 is 0 Å². The molecule has 0 aliphatic carbocycles. The van der Waals surface area contributed by atoms with Gasteiger partial charge in [-0.15, -0.1) is 0 Å². The molecule has 4 rings (SSSR count). The van der Waals surface area contributed by atoms with Crippen LogP contribution in [0.25, 0.3) is 0 Å². The van der Waals surface area contributed by atoms with Gasteiger partial charge in [0.25, 0.3) is 11.8 Å². The van der Waals surface area contributed by atoms with E-state index in [9.17, 15) is 24.0 Å². The molecule has 3 heterocycles. The number of thioether (sulfide) groups is 1. The van der Waals surface area contributed by atoms with Crippen LogP contribution in [-0.2, 0) is 37.1 Å². The molecule has 3 atom stereocenters. The molecule has 5 amide bonds. The number of hydroxylamine groups is 2. The Hall–Kier alpha value is -3.94. The predicted octanol–water partition coefficient (Wildman–Crippen LogP) is 1.54. The molecule has 39 heavy (non-hydrogen) atoms. The van der Waals surface area contributed by atoms with Crippen LogP contribution in [0.5, 0.6) is 11.5 Å². The number of imide groups is 1. The highest BCUT2D eigenvalue weighted by Gasteiger charge is 2.42. The Kier molecular flexibility index (Phi) is 9.17. The maximum atomic E-state index is 12.5. The number of unbranched alkanes of at least 4 members (excludes halogenated alkanes) is 1. The number of rotatable bonds is 12. The number of methoxy groups -OCH3 is 2. The number of fused-ring (bicyclic) bond motifs is 1. The number of carbonyl (C=O) groups excluding carboxylic acids is 5. The van der Waals surface area contributed by atoms with Crippen LogP contribution in [0.2, 0.25) is 0 Å². The van der Waals surface area contributed by atoms with E-state index in [1.165, 1.54) is 14.2 Å². The highest BCUT2D eigenvalue weighted by molar-refractivity contribution is 8.00. The lowest BCUT2D eigenvalue weighted by molar-refractivity contribution is -0.175. The molecule has 0 aromatic heterocycles. The molecular formula is C25H30N4O9S. The van der Waals surface area contributed by atoms with Crippen molar-refractivity contribution >= 4 is 41.7 Å². The fourth-order valence-electron chi connectivity index (χ4n) is 4.57. The van der Waals surface area contributed by atoms with Crippen LogP contribution in [0.1, 0.15) is 36.8 Å². The number of carbonyl (C=O) groups is 5. The molecule has 0 spiro atoms. The van der Waals surface area contributed by atoms with E-state index in [-0.39, 0.29) is 37.2 Å². The number of hydrogen-bond acceptors (Lipinski definition) is 10. The number of benzene rings is 1. The molecule has 2 saturated heterocycles. The average molecular weight is 563 g/mol. The molecule has 3 unspecified atom stereocenters. The van der Waals surface area contributed by atoms with Crippen LogP contribution in [-0.4, -0.2) is 72.3 Å². The summed E-state index contributed by atoms with van der Waals surface area (Å²) in [5, 5.41) is 9.45. The van der Waals surface area contributed by atoms with Gasteiger partial charge in [0, 0.05) is 29.6 Å². The minimum absolute atomic E-state index is 0.103. The Bertz CT molecular complexity index is 1130. The number of nitrogens with zero attached hydrogens (tertiary/aromatic N) is 1. The van der Waals surface area contributed by atoms with Crippen molar-refractivity contribution in [1.82, 2.24) is 21.0 Å². The first kappa shape index (κ1) is 28.1. The highest BCUT2D eigenvalue weighted by atomic mass is 32.2. The van der Waals surface area contributed by atoms with Gasteiger partial charge in [-0.05, 0) is 30.5 Å². The monoisotopic (exact) mass is 562 g/mol. The molecule has 0 radical (unpaired) electrons. The second-order valence-electron chi connectivity index (χ2n) is 9.06. The standard InChI is InChI=1S/C25H30N4O9S/c1-35-17-9-14(12-37-25(34)38-29-21(31)7-8-22(29)32)10-18(36-2)15(17)11-26-20(30)6-4-3-5-19-23-16(13-39-19)27-24(33)28-23/h7-10,16,19,23H,3-6,11-13H2,1-2H3,(H,26,30)(H2,27,28,33). The van der Waals surface area contributed by atoms with Gasteiger partial charge >= 0.3 is 12.2 Å². The molecule has 1 aromatic carbocycles. The van der Waals surface area contributed by atoms with E-state index < -0.39 is 18.0 Å². The number of ether oxygens (including phenoxy) is 3. The van der Waals surface area contributed by atoms with Crippen molar-refractivity contribution in [3.63, 3.8) is 0 Å². The Morgan fingerprint density at radius 1 is 1.05 bits per heavy atom. The summed E-state index contributed by atoms with van der Waals surface area (Å²) in [5.41, 5.74) is 1.10. The molecule has 210 valence electrons. The van der Waals surface area contributed by atoms with Crippen molar-refractivity contribution < 1.29 is 43.0 Å². The topological polar surface area (TPSA) is 162 Å². The largest absolute Gasteiger partial charge is 0.534 e. The molecule has 3 aliphatic rings. The number of hydrogen-bond donors (Lipinski definition) is 3. The third-order valence-corrected chi connectivity index (χ3v) is 8.01. The second-order valence-corrected chi connectivity index (χ2v) is 10.3. The van der Waals surface area contributed by atoms with Crippen molar-refractivity contribution in [2.45, 2.75) is 56.2 Å². The fourth-order valence-corrected chi connectivity index (χ4v) is 6.11. The highest BCUT2D eigenvalue weighted by Crippen LogP contribution is 2.33. The van der Waals surface area contributed by atoms with Crippen LogP contribution >= 0.6 is 11.8 Å². The van der Waals surface area contributed by atoms with Gasteiger partial charge in [0.05, 0.1) is 38.4 Å². The summed E-state index contributed by atoms with van der Waals surface area (Å²) in [6.45, 7) is -0.0804. The summed E-state index contributed by atoms with van der Waals surface area (Å²) in [7, 11) is 2.93. The quantitative estimate of drug-likeness (QED) is 0.147. The molecule has 1 aromatic rings. The normalized spacial score (nSPS) is 21.3. The van der Waals surface area contributed by atoms with Gasteiger partial charge in [-0.25, -0.2) is 9.59 Å². The van der Waals surface area contributed by atoms with Crippen LogP contribution in [0.15, 0.2) is 24.3 Å². The third-order valence-electron chi connectivity index (χ3n) is 6.50. The smallest absolute Gasteiger partial charge is 0.496 e. The maximum absolute atomic E-state index is 12.5. The van der Waals surface area contributed by atoms with Crippen molar-refractivity contribution in [2.75, 3.05) is 20.0 Å². The lowest BCUT2D eigenvalue weighted by Gasteiger charge is -2.17.